The maximum Gasteiger partial charge on any atom is 1.00 e. The summed E-state index contributed by atoms with van der Waals surface area (Å²) in [6, 6.07) is 0. The Kier molecular flexibility index (Phi) is 10.5. The Morgan fingerprint density at radius 3 is 2.64 bits per heavy atom. The minimum atomic E-state index is -5.52. The van der Waals surface area contributed by atoms with E-state index in [-0.39, 0.29) is 59.1 Å². The molecule has 0 saturated carbocycles. The Labute approximate surface area is 207 Å². The normalized spacial score (nSPS) is 25.9. The average molecular weight is 452 g/mol. The van der Waals surface area contributed by atoms with Crippen LogP contribution in [0.4, 0.5) is 0 Å². The Balaban J connectivity index is 0.00000196. The summed E-state index contributed by atoms with van der Waals surface area (Å²) in [5, 5.41) is 35.2. The molecule has 144 valence electrons. The quantitative estimate of drug-likeness (QED) is 0.124. The van der Waals surface area contributed by atoms with Crippen molar-refractivity contribution in [1.82, 2.24) is 19.7 Å². The van der Waals surface area contributed by atoms with Gasteiger partial charge >= 0.3 is 59.1 Å². The fraction of sp³-hybridized carbons (Fsp3) is 0.583. The summed E-state index contributed by atoms with van der Waals surface area (Å²) in [4.78, 5) is 29.5. The molecule has 0 aromatic carbocycles. The van der Waals surface area contributed by atoms with Crippen molar-refractivity contribution in [3.05, 3.63) is 12.5 Å². The smallest absolute Gasteiger partial charge is 0.790 e. The molecule has 0 amide bonds. The zero-order valence-electron chi connectivity index (χ0n) is 15.3. The maximum absolute atomic E-state index is 10.6. The predicted octanol–water partition coefficient (Wildman–Crippen LogP) is -8.27. The number of aromatic nitrogens is 4. The Morgan fingerprint density at radius 2 is 2.04 bits per heavy atom. The van der Waals surface area contributed by atoms with Crippen LogP contribution in [0.25, 0.3) is 11.0 Å². The fourth-order valence-electron chi connectivity index (χ4n) is 2.59. The molecule has 3 N–H and O–H groups in total. The molecule has 2 aromatic rings. The largest absolute Gasteiger partial charge is 1.00 e. The molecule has 1 saturated heterocycles. The molecule has 28 heavy (non-hydrogen) atoms. The van der Waals surface area contributed by atoms with Gasteiger partial charge in [-0.25, -0.2) is 14.6 Å². The number of rotatable bonds is 6. The molecule has 1 aliphatic heterocycles. The van der Waals surface area contributed by atoms with Gasteiger partial charge in [0.25, 0.3) is 0 Å². The summed E-state index contributed by atoms with van der Waals surface area (Å²) >= 11 is 1.46. The molecule has 0 bridgehead atoms. The third-order valence-corrected chi connectivity index (χ3v) is 5.03. The van der Waals surface area contributed by atoms with E-state index in [1.165, 1.54) is 29.0 Å². The number of phosphoric acid groups is 1. The van der Waals surface area contributed by atoms with Gasteiger partial charge in [-0.15, -0.1) is 11.8 Å². The molecule has 5 atom stereocenters. The summed E-state index contributed by atoms with van der Waals surface area (Å²) in [5.74, 6) is 0.759. The van der Waals surface area contributed by atoms with Gasteiger partial charge in [0.1, 0.15) is 29.7 Å². The first-order valence-electron chi connectivity index (χ1n) is 7.44. The molecule has 0 radical (unpaired) electrons. The SMILES string of the molecule is CCSc1ncnc2c1cnn2[C@@H]1O[C@H](C(O)OP(=O)([O-])[O-])[C@@H](O)[C@H]1O.[Na+].[Na+]. The topological polar surface area (TPSA) is 186 Å². The first-order valence-corrected chi connectivity index (χ1v) is 9.88. The average Bonchev–Trinajstić information content (AvgIpc) is 3.09. The van der Waals surface area contributed by atoms with Gasteiger partial charge < -0.3 is 38.9 Å². The third kappa shape index (κ3) is 5.75. The van der Waals surface area contributed by atoms with Gasteiger partial charge in [0.15, 0.2) is 18.2 Å². The van der Waals surface area contributed by atoms with Crippen LogP contribution in [0.2, 0.25) is 0 Å². The minimum Gasteiger partial charge on any atom is -0.790 e. The van der Waals surface area contributed by atoms with E-state index < -0.39 is 38.7 Å². The van der Waals surface area contributed by atoms with Crippen LogP contribution in [0.15, 0.2) is 17.6 Å². The van der Waals surface area contributed by atoms with Crippen LogP contribution in [0.1, 0.15) is 13.2 Å². The first-order chi connectivity index (χ1) is 12.2. The van der Waals surface area contributed by atoms with E-state index in [1.54, 1.807) is 0 Å². The fourth-order valence-corrected chi connectivity index (χ4v) is 3.67. The second kappa shape index (κ2) is 10.9. The number of ether oxygens (including phenoxy) is 1. The van der Waals surface area contributed by atoms with Gasteiger partial charge in [-0.05, 0) is 5.75 Å². The van der Waals surface area contributed by atoms with E-state index in [2.05, 4.69) is 19.6 Å². The van der Waals surface area contributed by atoms with E-state index in [0.717, 1.165) is 5.75 Å². The molecule has 3 rings (SSSR count). The number of fused-ring (bicyclic) bond motifs is 1. The van der Waals surface area contributed by atoms with Gasteiger partial charge in [-0.2, -0.15) is 5.10 Å². The van der Waals surface area contributed by atoms with Crippen LogP contribution >= 0.6 is 19.6 Å². The molecule has 3 heterocycles. The molecular weight excluding hydrogens is 437 g/mol. The van der Waals surface area contributed by atoms with Gasteiger partial charge in [0.2, 0.25) is 0 Å². The Bertz CT molecular complexity index is 841. The second-order valence-electron chi connectivity index (χ2n) is 5.35. The number of phosphoric ester groups is 1. The number of hydrogen-bond donors (Lipinski definition) is 3. The zero-order chi connectivity index (χ0) is 19.1. The predicted molar refractivity (Wildman–Crippen MR) is 82.3 cm³/mol. The number of nitrogens with zero attached hydrogens (tertiary/aromatic N) is 4. The summed E-state index contributed by atoms with van der Waals surface area (Å²) < 4.78 is 21.0. The van der Waals surface area contributed by atoms with E-state index in [1.807, 2.05) is 6.92 Å². The van der Waals surface area contributed by atoms with Crippen molar-refractivity contribution in [2.24, 2.45) is 0 Å². The summed E-state index contributed by atoms with van der Waals surface area (Å²) in [5.41, 5.74) is 0.307. The van der Waals surface area contributed by atoms with Gasteiger partial charge in [0, 0.05) is 0 Å². The van der Waals surface area contributed by atoms with Crippen LogP contribution in [0, 0.1) is 0 Å². The number of aliphatic hydroxyl groups is 3. The Morgan fingerprint density at radius 1 is 1.36 bits per heavy atom. The van der Waals surface area contributed by atoms with Crippen molar-refractivity contribution in [3.8, 4) is 0 Å². The summed E-state index contributed by atoms with van der Waals surface area (Å²) in [6.07, 6.45) is -5.82. The molecule has 0 spiro atoms. The molecule has 1 unspecified atom stereocenters. The van der Waals surface area contributed by atoms with Crippen LogP contribution < -0.4 is 68.9 Å². The van der Waals surface area contributed by atoms with E-state index in [0.29, 0.717) is 16.1 Å². The molecule has 1 fully saturated rings. The zero-order valence-corrected chi connectivity index (χ0v) is 21.0. The van der Waals surface area contributed by atoms with Crippen molar-refractivity contribution < 1.29 is 98.0 Å². The summed E-state index contributed by atoms with van der Waals surface area (Å²) in [7, 11) is -5.52. The molecule has 16 heteroatoms. The first kappa shape index (κ1) is 26.9. The van der Waals surface area contributed by atoms with E-state index in [9.17, 15) is 29.7 Å². The monoisotopic (exact) mass is 452 g/mol. The minimum absolute atomic E-state index is 0. The van der Waals surface area contributed by atoms with Gasteiger partial charge in [-0.3, -0.25) is 0 Å². The Hall–Kier alpha value is 0.850. The standard InChI is InChI=1S/C12H17N4O8PS.2Na/c1-2-26-10-5-3-15-16(9(5)13-4-14-10)11-7(18)6(17)8(23-11)12(19)24-25(20,21)22;;/h3-4,6-8,11-12,17-19H,2H2,1H3,(H2,20,21,22);;/q;2*+1/p-2/t6-,7+,8-,11+,12?;;/m0../s1. The van der Waals surface area contributed by atoms with Crippen molar-refractivity contribution in [2.75, 3.05) is 5.75 Å². The number of thioether (sulfide) groups is 1. The van der Waals surface area contributed by atoms with Gasteiger partial charge in [-0.1, -0.05) is 6.92 Å². The number of hydrogen-bond acceptors (Lipinski definition) is 12. The molecule has 12 nitrogen and oxygen atoms in total. The molecule has 2 aromatic heterocycles. The van der Waals surface area contributed by atoms with E-state index >= 15 is 0 Å². The molecule has 1 aliphatic rings. The van der Waals surface area contributed by atoms with Crippen molar-refractivity contribution in [2.45, 2.75) is 42.8 Å². The maximum atomic E-state index is 10.6. The van der Waals surface area contributed by atoms with E-state index in [4.69, 9.17) is 4.74 Å². The third-order valence-electron chi connectivity index (χ3n) is 3.67. The molecular formula is C12H15N4Na2O8PS. The van der Waals surface area contributed by atoms with Crippen molar-refractivity contribution in [3.63, 3.8) is 0 Å². The second-order valence-corrected chi connectivity index (χ2v) is 7.71. The van der Waals surface area contributed by atoms with Crippen LogP contribution in [0.5, 0.6) is 0 Å². The van der Waals surface area contributed by atoms with Crippen LogP contribution in [-0.4, -0.2) is 65.4 Å². The summed E-state index contributed by atoms with van der Waals surface area (Å²) in [6.45, 7) is 1.94. The van der Waals surface area contributed by atoms with Crippen molar-refractivity contribution in [1.29, 1.82) is 0 Å². The van der Waals surface area contributed by atoms with Crippen molar-refractivity contribution >= 4 is 30.6 Å². The van der Waals surface area contributed by atoms with Crippen LogP contribution in [0.3, 0.4) is 0 Å². The number of aliphatic hydroxyl groups excluding tert-OH is 3. The van der Waals surface area contributed by atoms with Gasteiger partial charge in [0.05, 0.1) is 19.4 Å². The molecule has 0 aliphatic carbocycles. The van der Waals surface area contributed by atoms with Crippen LogP contribution in [-0.2, 0) is 13.8 Å².